The van der Waals surface area contributed by atoms with Gasteiger partial charge < -0.3 is 4.90 Å². The summed E-state index contributed by atoms with van der Waals surface area (Å²) < 4.78 is 0. The lowest BCUT2D eigenvalue weighted by Crippen LogP contribution is -2.47. The number of rotatable bonds is 4. The summed E-state index contributed by atoms with van der Waals surface area (Å²) in [7, 11) is 0. The first kappa shape index (κ1) is 18.2. The Kier molecular flexibility index (Phi) is 4.94. The molecule has 0 amide bonds. The highest BCUT2D eigenvalue weighted by molar-refractivity contribution is 5.74. The zero-order chi connectivity index (χ0) is 19.6. The number of aromatic nitrogens is 4. The lowest BCUT2D eigenvalue weighted by Gasteiger charge is -2.38. The fraction of sp³-hybridized carbons (Fsp3) is 0.391. The van der Waals surface area contributed by atoms with Gasteiger partial charge in [0.25, 0.3) is 0 Å². The number of fused-ring (bicyclic) bond motifs is 1. The summed E-state index contributed by atoms with van der Waals surface area (Å²) in [6.07, 6.45) is 13.4. The van der Waals surface area contributed by atoms with E-state index in [4.69, 9.17) is 0 Å². The van der Waals surface area contributed by atoms with Crippen LogP contribution in [0.15, 0.2) is 49.1 Å². The van der Waals surface area contributed by atoms with E-state index in [1.54, 1.807) is 12.4 Å². The Morgan fingerprint density at radius 2 is 1.66 bits per heavy atom. The van der Waals surface area contributed by atoms with E-state index in [2.05, 4.69) is 60.9 Å². The minimum atomic E-state index is 0.348. The molecule has 5 rings (SSSR count). The molecule has 1 aliphatic carbocycles. The number of hydrogen-bond donors (Lipinski definition) is 0. The molecular formula is C23H26N6. The predicted octanol–water partition coefficient (Wildman–Crippen LogP) is 3.87. The molecule has 1 unspecified atom stereocenters. The normalized spacial score (nSPS) is 18.8. The Bertz CT molecular complexity index is 1020. The molecule has 1 aliphatic heterocycles. The van der Waals surface area contributed by atoms with Gasteiger partial charge in [-0.25, -0.2) is 9.97 Å². The van der Waals surface area contributed by atoms with E-state index >= 15 is 0 Å². The summed E-state index contributed by atoms with van der Waals surface area (Å²) in [6.45, 7) is 6.15. The molecule has 0 saturated carbocycles. The number of hydrogen-bond acceptors (Lipinski definition) is 6. The molecule has 0 N–H and O–H groups in total. The summed E-state index contributed by atoms with van der Waals surface area (Å²) in [5, 5.41) is 0. The molecule has 0 spiro atoms. The Morgan fingerprint density at radius 3 is 2.38 bits per heavy atom. The Labute approximate surface area is 171 Å². The van der Waals surface area contributed by atoms with Gasteiger partial charge in [-0.15, -0.1) is 0 Å². The van der Waals surface area contributed by atoms with Crippen molar-refractivity contribution >= 4 is 22.6 Å². The van der Waals surface area contributed by atoms with E-state index in [0.29, 0.717) is 6.04 Å². The van der Waals surface area contributed by atoms with Crippen LogP contribution in [0.25, 0.3) is 16.6 Å². The summed E-state index contributed by atoms with van der Waals surface area (Å²) >= 11 is 0. The molecule has 0 radical (unpaired) electrons. The summed E-state index contributed by atoms with van der Waals surface area (Å²) in [5.74, 6) is 0.848. The second-order valence-corrected chi connectivity index (χ2v) is 7.90. The van der Waals surface area contributed by atoms with Crippen molar-refractivity contribution in [1.29, 1.82) is 0 Å². The molecule has 3 heterocycles. The van der Waals surface area contributed by atoms with Gasteiger partial charge in [0.1, 0.15) is 0 Å². The monoisotopic (exact) mass is 386 g/mol. The van der Waals surface area contributed by atoms with Gasteiger partial charge in [-0.2, -0.15) is 0 Å². The van der Waals surface area contributed by atoms with Gasteiger partial charge in [0.05, 0.1) is 11.0 Å². The van der Waals surface area contributed by atoms with Crippen LogP contribution in [0.3, 0.4) is 0 Å². The molecule has 29 heavy (non-hydrogen) atoms. The second-order valence-electron chi connectivity index (χ2n) is 7.90. The van der Waals surface area contributed by atoms with Crippen LogP contribution in [0.4, 0.5) is 5.95 Å². The van der Waals surface area contributed by atoms with Crippen molar-refractivity contribution in [3.8, 4) is 0 Å². The quantitative estimate of drug-likeness (QED) is 0.678. The summed E-state index contributed by atoms with van der Waals surface area (Å²) in [5.41, 5.74) is 5.77. The minimum absolute atomic E-state index is 0.348. The van der Waals surface area contributed by atoms with Crippen molar-refractivity contribution in [3.63, 3.8) is 0 Å². The van der Waals surface area contributed by atoms with Crippen LogP contribution in [0, 0.1) is 0 Å². The van der Waals surface area contributed by atoms with Gasteiger partial charge in [0.15, 0.2) is 0 Å². The molecule has 1 atom stereocenters. The first-order valence-electron chi connectivity index (χ1n) is 10.5. The predicted molar refractivity (Wildman–Crippen MR) is 116 cm³/mol. The van der Waals surface area contributed by atoms with Crippen LogP contribution in [-0.2, 0) is 0 Å². The van der Waals surface area contributed by atoms with Crippen molar-refractivity contribution < 1.29 is 0 Å². The van der Waals surface area contributed by atoms with Gasteiger partial charge in [-0.1, -0.05) is 12.1 Å². The zero-order valence-corrected chi connectivity index (χ0v) is 16.8. The highest BCUT2D eigenvalue weighted by Gasteiger charge is 2.23. The molecule has 6 heteroatoms. The van der Waals surface area contributed by atoms with Crippen molar-refractivity contribution in [2.75, 3.05) is 31.1 Å². The van der Waals surface area contributed by atoms with Crippen LogP contribution < -0.4 is 4.90 Å². The molecule has 148 valence electrons. The van der Waals surface area contributed by atoms with Crippen LogP contribution in [-0.4, -0.2) is 51.0 Å². The molecule has 2 aromatic heterocycles. The van der Waals surface area contributed by atoms with Gasteiger partial charge in [-0.3, -0.25) is 14.9 Å². The fourth-order valence-electron chi connectivity index (χ4n) is 4.34. The van der Waals surface area contributed by atoms with E-state index in [0.717, 1.165) is 49.6 Å². The van der Waals surface area contributed by atoms with Crippen LogP contribution >= 0.6 is 0 Å². The van der Waals surface area contributed by atoms with Gasteiger partial charge >= 0.3 is 0 Å². The molecule has 3 aromatic rings. The lowest BCUT2D eigenvalue weighted by molar-refractivity contribution is 0.198. The first-order valence-corrected chi connectivity index (χ1v) is 10.5. The maximum atomic E-state index is 4.65. The number of allylic oxidation sites excluding steroid dienone is 2. The third kappa shape index (κ3) is 3.72. The van der Waals surface area contributed by atoms with E-state index in [1.807, 2.05) is 12.4 Å². The Morgan fingerprint density at radius 1 is 0.897 bits per heavy atom. The third-order valence-corrected chi connectivity index (χ3v) is 6.17. The Balaban J connectivity index is 1.23. The van der Waals surface area contributed by atoms with Crippen molar-refractivity contribution in [3.05, 3.63) is 60.2 Å². The number of benzene rings is 1. The molecule has 0 bridgehead atoms. The molecule has 1 fully saturated rings. The smallest absolute Gasteiger partial charge is 0.225 e. The number of piperazine rings is 1. The van der Waals surface area contributed by atoms with Gasteiger partial charge in [0, 0.05) is 62.6 Å². The third-order valence-electron chi connectivity index (χ3n) is 6.17. The average Bonchev–Trinajstić information content (AvgIpc) is 3.33. The van der Waals surface area contributed by atoms with Crippen LogP contribution in [0.5, 0.6) is 0 Å². The van der Waals surface area contributed by atoms with Gasteiger partial charge in [-0.05, 0) is 49.5 Å². The summed E-state index contributed by atoms with van der Waals surface area (Å²) in [4.78, 5) is 22.9. The van der Waals surface area contributed by atoms with Crippen molar-refractivity contribution in [1.82, 2.24) is 24.8 Å². The van der Waals surface area contributed by atoms with Crippen LogP contribution in [0.2, 0.25) is 0 Å². The SMILES string of the molecule is CC(c1ccc2nccnc2c1)N1CCN(c2ncc(C3=CCCC3)cn2)CC1. The highest BCUT2D eigenvalue weighted by atomic mass is 15.3. The molecule has 6 nitrogen and oxygen atoms in total. The molecule has 1 saturated heterocycles. The lowest BCUT2D eigenvalue weighted by atomic mass is 10.1. The van der Waals surface area contributed by atoms with E-state index in [1.165, 1.54) is 29.5 Å². The second kappa shape index (κ2) is 7.87. The maximum absolute atomic E-state index is 4.65. The van der Waals surface area contributed by atoms with Crippen molar-refractivity contribution in [2.45, 2.75) is 32.2 Å². The van der Waals surface area contributed by atoms with E-state index in [-0.39, 0.29) is 0 Å². The van der Waals surface area contributed by atoms with E-state index in [9.17, 15) is 0 Å². The fourth-order valence-corrected chi connectivity index (χ4v) is 4.34. The van der Waals surface area contributed by atoms with Gasteiger partial charge in [0.2, 0.25) is 5.95 Å². The molecule has 2 aliphatic rings. The minimum Gasteiger partial charge on any atom is -0.338 e. The van der Waals surface area contributed by atoms with E-state index < -0.39 is 0 Å². The maximum Gasteiger partial charge on any atom is 0.225 e. The van der Waals surface area contributed by atoms with Crippen LogP contribution in [0.1, 0.15) is 43.4 Å². The zero-order valence-electron chi connectivity index (χ0n) is 16.8. The highest BCUT2D eigenvalue weighted by Crippen LogP contribution is 2.28. The number of nitrogens with zero attached hydrogens (tertiary/aromatic N) is 6. The summed E-state index contributed by atoms with van der Waals surface area (Å²) in [6, 6.07) is 6.76. The first-order chi connectivity index (χ1) is 14.3. The standard InChI is InChI=1S/C23H26N6/c1-17(19-6-7-21-22(14-19)25-9-8-24-21)28-10-12-29(13-11-28)23-26-15-20(16-27-23)18-4-2-3-5-18/h4,6-9,14-17H,2-3,5,10-13H2,1H3. The largest absolute Gasteiger partial charge is 0.338 e. The molecule has 1 aromatic carbocycles. The average molecular weight is 387 g/mol. The topological polar surface area (TPSA) is 58.0 Å². The van der Waals surface area contributed by atoms with Crippen molar-refractivity contribution in [2.24, 2.45) is 0 Å². The molecular weight excluding hydrogens is 360 g/mol. The number of anilines is 1. The Hall–Kier alpha value is -2.86.